The van der Waals surface area contributed by atoms with Crippen molar-refractivity contribution in [3.05, 3.63) is 29.1 Å². The minimum atomic E-state index is -3.55. The maximum atomic E-state index is 12.5. The maximum Gasteiger partial charge on any atom is 0.348 e. The van der Waals surface area contributed by atoms with Crippen molar-refractivity contribution in [1.29, 1.82) is 0 Å². The summed E-state index contributed by atoms with van der Waals surface area (Å²) in [7, 11) is -3.55. The summed E-state index contributed by atoms with van der Waals surface area (Å²) < 4.78 is 33.5. The van der Waals surface area contributed by atoms with Crippen molar-refractivity contribution in [2.45, 2.75) is 37.1 Å². The fourth-order valence-corrected chi connectivity index (χ4v) is 4.96. The lowest BCUT2D eigenvalue weighted by Crippen LogP contribution is -2.30. The Labute approximate surface area is 163 Å². The predicted octanol–water partition coefficient (Wildman–Crippen LogP) is 2.92. The zero-order chi connectivity index (χ0) is 17.9. The van der Waals surface area contributed by atoms with Gasteiger partial charge in [0.05, 0.1) is 11.5 Å². The molecule has 1 atom stereocenters. The number of hydrogen-bond acceptors (Lipinski definition) is 6. The third-order valence-corrected chi connectivity index (χ3v) is 6.78. The zero-order valence-corrected chi connectivity index (χ0v) is 16.9. The summed E-state index contributed by atoms with van der Waals surface area (Å²) in [6.45, 7) is 3.49. The molecule has 1 aliphatic rings. The monoisotopic (exact) mass is 418 g/mol. The summed E-state index contributed by atoms with van der Waals surface area (Å²) in [6.07, 6.45) is 3.03. The topological polar surface area (TPSA) is 84.5 Å². The second-order valence-electron chi connectivity index (χ2n) is 6.01. The average molecular weight is 419 g/mol. The van der Waals surface area contributed by atoms with Gasteiger partial charge in [-0.25, -0.2) is 17.9 Å². The van der Waals surface area contributed by atoms with Gasteiger partial charge >= 0.3 is 5.97 Å². The summed E-state index contributed by atoms with van der Waals surface area (Å²) in [5.41, 5.74) is 0. The van der Waals surface area contributed by atoms with Crippen molar-refractivity contribution >= 4 is 49.8 Å². The Balaban J connectivity index is 0.00000243. The summed E-state index contributed by atoms with van der Waals surface area (Å²) in [5.74, 6) is -0.379. The number of nitrogens with one attached hydrogen (secondary N) is 2. The molecule has 0 radical (unpaired) electrons. The maximum absolute atomic E-state index is 12.5. The second kappa shape index (κ2) is 9.14. The first kappa shape index (κ1) is 21.1. The van der Waals surface area contributed by atoms with Crippen LogP contribution in [0.4, 0.5) is 0 Å². The lowest BCUT2D eigenvalue weighted by molar-refractivity contribution is 0.0532. The number of benzene rings is 1. The van der Waals surface area contributed by atoms with Crippen LogP contribution >= 0.6 is 23.7 Å². The van der Waals surface area contributed by atoms with E-state index in [1.807, 2.05) is 0 Å². The van der Waals surface area contributed by atoms with Gasteiger partial charge in [-0.15, -0.1) is 23.7 Å². The average Bonchev–Trinajstić information content (AvgIpc) is 3.23. The number of thiophene rings is 1. The number of carbonyl (C=O) groups is 1. The zero-order valence-electron chi connectivity index (χ0n) is 14.5. The normalized spacial score (nSPS) is 17.2. The van der Waals surface area contributed by atoms with Crippen LogP contribution in [0.1, 0.15) is 35.9 Å². The highest BCUT2D eigenvalue weighted by Gasteiger charge is 2.18. The highest BCUT2D eigenvalue weighted by atomic mass is 35.5. The van der Waals surface area contributed by atoms with Crippen LogP contribution in [-0.4, -0.2) is 40.1 Å². The van der Waals surface area contributed by atoms with Crippen molar-refractivity contribution in [3.63, 3.8) is 0 Å². The number of hydrogen-bond donors (Lipinski definition) is 2. The molecule has 2 heterocycles. The number of carbonyl (C=O) groups excluding carboxylic acids is 1. The summed E-state index contributed by atoms with van der Waals surface area (Å²) >= 11 is 1.30. The van der Waals surface area contributed by atoms with Gasteiger partial charge in [0.1, 0.15) is 4.88 Å². The Hall–Kier alpha value is -1.19. The van der Waals surface area contributed by atoms with Gasteiger partial charge in [-0.05, 0) is 62.4 Å². The molecule has 0 spiro atoms. The van der Waals surface area contributed by atoms with Crippen LogP contribution in [0, 0.1) is 0 Å². The number of halogens is 1. The molecule has 0 aliphatic carbocycles. The molecule has 2 aromatic rings. The minimum absolute atomic E-state index is 0. The number of fused-ring (bicyclic) bond motifs is 1. The first-order valence-corrected chi connectivity index (χ1v) is 10.7. The van der Waals surface area contributed by atoms with E-state index in [1.165, 1.54) is 11.3 Å². The van der Waals surface area contributed by atoms with Crippen molar-refractivity contribution in [3.8, 4) is 0 Å². The fraction of sp³-hybridized carbons (Fsp3) is 0.471. The molecule has 0 saturated carbocycles. The molecule has 3 rings (SSSR count). The van der Waals surface area contributed by atoms with Gasteiger partial charge in [0.25, 0.3) is 0 Å². The van der Waals surface area contributed by atoms with Crippen LogP contribution in [-0.2, 0) is 14.8 Å². The van der Waals surface area contributed by atoms with E-state index in [0.717, 1.165) is 35.9 Å². The van der Waals surface area contributed by atoms with Gasteiger partial charge in [0.15, 0.2) is 0 Å². The Kier molecular flexibility index (Phi) is 7.42. The van der Waals surface area contributed by atoms with E-state index in [1.54, 1.807) is 31.2 Å². The van der Waals surface area contributed by atoms with E-state index in [4.69, 9.17) is 4.74 Å². The van der Waals surface area contributed by atoms with Crippen LogP contribution < -0.4 is 10.0 Å². The molecular weight excluding hydrogens is 396 g/mol. The lowest BCUT2D eigenvalue weighted by Gasteiger charge is -2.11. The van der Waals surface area contributed by atoms with Gasteiger partial charge in [-0.2, -0.15) is 0 Å². The largest absolute Gasteiger partial charge is 0.462 e. The van der Waals surface area contributed by atoms with E-state index in [-0.39, 0.29) is 23.3 Å². The molecular formula is C17H23ClN2O4S2. The van der Waals surface area contributed by atoms with Gasteiger partial charge in [-0.3, -0.25) is 0 Å². The summed E-state index contributed by atoms with van der Waals surface area (Å²) in [4.78, 5) is 12.5. The summed E-state index contributed by atoms with van der Waals surface area (Å²) in [5, 5.41) is 4.08. The Morgan fingerprint density at radius 2 is 2.19 bits per heavy atom. The van der Waals surface area contributed by atoms with Crippen molar-refractivity contribution in [1.82, 2.24) is 10.0 Å². The van der Waals surface area contributed by atoms with Crippen LogP contribution in [0.25, 0.3) is 10.1 Å². The van der Waals surface area contributed by atoms with Crippen molar-refractivity contribution < 1.29 is 17.9 Å². The third-order valence-electron chi connectivity index (χ3n) is 4.22. The molecule has 1 aliphatic heterocycles. The van der Waals surface area contributed by atoms with E-state index >= 15 is 0 Å². The van der Waals surface area contributed by atoms with E-state index in [2.05, 4.69) is 10.0 Å². The number of rotatable bonds is 7. The SMILES string of the molecule is CCOC(=O)c1cc2cc(S(=O)(=O)NCC[C@H]3CCCN3)ccc2s1.Cl. The highest BCUT2D eigenvalue weighted by molar-refractivity contribution is 7.89. The minimum Gasteiger partial charge on any atom is -0.462 e. The van der Waals surface area contributed by atoms with Crippen molar-refractivity contribution in [2.75, 3.05) is 19.7 Å². The van der Waals surface area contributed by atoms with Crippen LogP contribution in [0.3, 0.4) is 0 Å². The van der Waals surface area contributed by atoms with Gasteiger partial charge < -0.3 is 10.1 Å². The Morgan fingerprint density at radius 3 is 2.88 bits per heavy atom. The number of ether oxygens (including phenoxy) is 1. The molecule has 0 bridgehead atoms. The molecule has 1 aromatic heterocycles. The number of esters is 1. The van der Waals surface area contributed by atoms with E-state index in [0.29, 0.717) is 24.1 Å². The highest BCUT2D eigenvalue weighted by Crippen LogP contribution is 2.28. The molecule has 1 saturated heterocycles. The van der Waals surface area contributed by atoms with Crippen LogP contribution in [0.2, 0.25) is 0 Å². The number of sulfonamides is 1. The standard InChI is InChI=1S/C17H22N2O4S2.ClH/c1-2-23-17(20)16-11-12-10-14(5-6-15(12)24-16)25(21,22)19-9-7-13-4-3-8-18-13;/h5-6,10-11,13,18-19H,2-4,7-9H2,1H3;1H/t13-;/m1./s1. The molecule has 6 nitrogen and oxygen atoms in total. The van der Waals surface area contributed by atoms with Crippen LogP contribution in [0.5, 0.6) is 0 Å². The van der Waals surface area contributed by atoms with Gasteiger partial charge in [0.2, 0.25) is 10.0 Å². The molecule has 0 amide bonds. The molecule has 26 heavy (non-hydrogen) atoms. The van der Waals surface area contributed by atoms with Crippen molar-refractivity contribution in [2.24, 2.45) is 0 Å². The van der Waals surface area contributed by atoms with Gasteiger partial charge in [-0.1, -0.05) is 0 Å². The van der Waals surface area contributed by atoms with Crippen LogP contribution in [0.15, 0.2) is 29.2 Å². The Morgan fingerprint density at radius 1 is 1.38 bits per heavy atom. The second-order valence-corrected chi connectivity index (χ2v) is 8.86. The van der Waals surface area contributed by atoms with E-state index in [9.17, 15) is 13.2 Å². The molecule has 9 heteroatoms. The third kappa shape index (κ3) is 4.95. The lowest BCUT2D eigenvalue weighted by atomic mass is 10.2. The quantitative estimate of drug-likeness (QED) is 0.675. The molecule has 0 unspecified atom stereocenters. The summed E-state index contributed by atoms with van der Waals surface area (Å²) in [6, 6.07) is 6.98. The predicted molar refractivity (Wildman–Crippen MR) is 106 cm³/mol. The molecule has 2 N–H and O–H groups in total. The van der Waals surface area contributed by atoms with E-state index < -0.39 is 10.0 Å². The molecule has 1 fully saturated rings. The van der Waals surface area contributed by atoms with Gasteiger partial charge in [0, 0.05) is 17.3 Å². The first-order valence-electron chi connectivity index (χ1n) is 8.43. The first-order chi connectivity index (χ1) is 12.0. The fourth-order valence-electron chi connectivity index (χ4n) is 2.95. The smallest absolute Gasteiger partial charge is 0.348 e. The molecule has 1 aromatic carbocycles. The molecule has 144 valence electrons. The Bertz CT molecular complexity index is 861.